The highest BCUT2D eigenvalue weighted by Crippen LogP contribution is 2.38. The van der Waals surface area contributed by atoms with Crippen molar-refractivity contribution in [2.24, 2.45) is 7.05 Å². The van der Waals surface area contributed by atoms with Gasteiger partial charge in [0.2, 0.25) is 0 Å². The third-order valence-electron chi connectivity index (χ3n) is 5.83. The van der Waals surface area contributed by atoms with Gasteiger partial charge in [0.05, 0.1) is 23.7 Å². The molecule has 5 aromatic rings. The number of aromatic amines is 1. The summed E-state index contributed by atoms with van der Waals surface area (Å²) < 4.78 is 1.63. The van der Waals surface area contributed by atoms with Crippen molar-refractivity contribution in [3.63, 3.8) is 0 Å². The second-order valence-corrected chi connectivity index (χ2v) is 7.59. The Bertz CT molecular complexity index is 1410. The van der Waals surface area contributed by atoms with Gasteiger partial charge in [-0.15, -0.1) is 0 Å². The molecule has 0 saturated carbocycles. The Balaban J connectivity index is 1.83. The van der Waals surface area contributed by atoms with Gasteiger partial charge in [-0.05, 0) is 34.4 Å². The van der Waals surface area contributed by atoms with Crippen LogP contribution in [0.15, 0.2) is 102 Å². The summed E-state index contributed by atoms with van der Waals surface area (Å²) in [6, 6.07) is 26.7. The molecule has 0 bridgehead atoms. The van der Waals surface area contributed by atoms with E-state index in [1.54, 1.807) is 30.2 Å². The van der Waals surface area contributed by atoms with Crippen LogP contribution in [0.4, 0.5) is 0 Å². The number of fused-ring (bicyclic) bond motifs is 1. The minimum atomic E-state index is -1.42. The third-order valence-corrected chi connectivity index (χ3v) is 5.83. The standard InChI is InChI=1S/C26H21N3O2/c1-29-23-13-12-20(14-22(23)21(15-25(29)30)18-8-4-2-5-9-18)26(31,24-16-27-17-28-24)19-10-6-3-7-11-19/h2-17,31H,1H3,(H,27,28). The number of hydrogen-bond donors (Lipinski definition) is 2. The number of aromatic nitrogens is 3. The van der Waals surface area contributed by atoms with Gasteiger partial charge in [0, 0.05) is 18.5 Å². The molecule has 0 aliphatic heterocycles. The molecule has 2 aromatic heterocycles. The van der Waals surface area contributed by atoms with Crippen LogP contribution in [0.1, 0.15) is 16.8 Å². The molecule has 1 atom stereocenters. The molecule has 0 saturated heterocycles. The molecule has 2 N–H and O–H groups in total. The summed E-state index contributed by atoms with van der Waals surface area (Å²) in [5.74, 6) is 0. The summed E-state index contributed by atoms with van der Waals surface area (Å²) in [4.78, 5) is 19.8. The monoisotopic (exact) mass is 407 g/mol. The van der Waals surface area contributed by atoms with Crippen LogP contribution in [0.3, 0.4) is 0 Å². The fourth-order valence-electron chi connectivity index (χ4n) is 4.15. The lowest BCUT2D eigenvalue weighted by Crippen LogP contribution is -2.29. The second-order valence-electron chi connectivity index (χ2n) is 7.59. The highest BCUT2D eigenvalue weighted by molar-refractivity contribution is 5.95. The van der Waals surface area contributed by atoms with Crippen LogP contribution in [0.5, 0.6) is 0 Å². The normalized spacial score (nSPS) is 13.2. The van der Waals surface area contributed by atoms with Crippen LogP contribution in [0.2, 0.25) is 0 Å². The van der Waals surface area contributed by atoms with Gasteiger partial charge < -0.3 is 14.7 Å². The van der Waals surface area contributed by atoms with Gasteiger partial charge in [-0.25, -0.2) is 4.98 Å². The van der Waals surface area contributed by atoms with Gasteiger partial charge in [0.25, 0.3) is 5.56 Å². The molecular formula is C26H21N3O2. The molecule has 0 radical (unpaired) electrons. The maximum atomic E-state index is 12.6. The van der Waals surface area contributed by atoms with Crippen molar-refractivity contribution in [1.29, 1.82) is 0 Å². The first-order valence-electron chi connectivity index (χ1n) is 10.1. The summed E-state index contributed by atoms with van der Waals surface area (Å²) in [5.41, 5.74) is 3.07. The van der Waals surface area contributed by atoms with E-state index in [-0.39, 0.29) is 5.56 Å². The van der Waals surface area contributed by atoms with Crippen molar-refractivity contribution in [2.75, 3.05) is 0 Å². The van der Waals surface area contributed by atoms with Crippen molar-refractivity contribution in [3.8, 4) is 11.1 Å². The zero-order valence-corrected chi connectivity index (χ0v) is 17.0. The van der Waals surface area contributed by atoms with Crippen LogP contribution in [0, 0.1) is 0 Å². The van der Waals surface area contributed by atoms with Crippen LogP contribution < -0.4 is 5.56 Å². The molecule has 5 rings (SSSR count). The molecule has 0 aliphatic carbocycles. The number of imidazole rings is 1. The summed E-state index contributed by atoms with van der Waals surface area (Å²) in [6.07, 6.45) is 3.19. The van der Waals surface area contributed by atoms with Crippen LogP contribution in [-0.4, -0.2) is 19.6 Å². The molecule has 5 heteroatoms. The number of benzene rings is 3. The van der Waals surface area contributed by atoms with E-state index >= 15 is 0 Å². The van der Waals surface area contributed by atoms with Crippen molar-refractivity contribution < 1.29 is 5.11 Å². The summed E-state index contributed by atoms with van der Waals surface area (Å²) >= 11 is 0. The maximum absolute atomic E-state index is 12.6. The Morgan fingerprint density at radius 2 is 1.61 bits per heavy atom. The smallest absolute Gasteiger partial charge is 0.251 e. The van der Waals surface area contributed by atoms with Gasteiger partial charge in [-0.2, -0.15) is 0 Å². The number of nitrogens with one attached hydrogen (secondary N) is 1. The lowest BCUT2D eigenvalue weighted by atomic mass is 9.82. The number of H-pyrrole nitrogens is 1. The number of nitrogens with zero attached hydrogens (tertiary/aromatic N) is 2. The zero-order valence-electron chi connectivity index (χ0n) is 17.0. The van der Waals surface area contributed by atoms with Gasteiger partial charge in [-0.3, -0.25) is 4.79 Å². The van der Waals surface area contributed by atoms with Crippen LogP contribution in [-0.2, 0) is 12.6 Å². The minimum absolute atomic E-state index is 0.0778. The number of hydrogen-bond acceptors (Lipinski definition) is 3. The van der Waals surface area contributed by atoms with E-state index in [9.17, 15) is 9.90 Å². The van der Waals surface area contributed by atoms with E-state index in [4.69, 9.17) is 0 Å². The molecule has 31 heavy (non-hydrogen) atoms. The van der Waals surface area contributed by atoms with Crippen molar-refractivity contribution >= 4 is 10.9 Å². The molecule has 0 spiro atoms. The molecule has 0 amide bonds. The first-order chi connectivity index (χ1) is 15.1. The summed E-state index contributed by atoms with van der Waals surface area (Å²) in [6.45, 7) is 0. The third kappa shape index (κ3) is 3.07. The highest BCUT2D eigenvalue weighted by Gasteiger charge is 2.35. The Morgan fingerprint density at radius 3 is 2.29 bits per heavy atom. The zero-order chi connectivity index (χ0) is 21.4. The summed E-state index contributed by atoms with van der Waals surface area (Å²) in [7, 11) is 1.76. The molecule has 0 fully saturated rings. The van der Waals surface area contributed by atoms with E-state index < -0.39 is 5.60 Å². The summed E-state index contributed by atoms with van der Waals surface area (Å²) in [5, 5.41) is 12.9. The fourth-order valence-corrected chi connectivity index (χ4v) is 4.15. The quantitative estimate of drug-likeness (QED) is 0.469. The van der Waals surface area contributed by atoms with Gasteiger partial charge in [0.15, 0.2) is 5.60 Å². The molecule has 5 nitrogen and oxygen atoms in total. The van der Waals surface area contributed by atoms with Crippen molar-refractivity contribution in [3.05, 3.63) is 125 Å². The Kier molecular flexibility index (Phi) is 4.53. The highest BCUT2D eigenvalue weighted by atomic mass is 16.3. The fraction of sp³-hybridized carbons (Fsp3) is 0.0769. The van der Waals surface area contributed by atoms with E-state index in [1.165, 1.54) is 0 Å². The lowest BCUT2D eigenvalue weighted by molar-refractivity contribution is 0.121. The Morgan fingerprint density at radius 1 is 0.903 bits per heavy atom. The first-order valence-corrected chi connectivity index (χ1v) is 10.1. The van der Waals surface area contributed by atoms with E-state index in [0.29, 0.717) is 11.3 Å². The van der Waals surface area contributed by atoms with Crippen molar-refractivity contribution in [1.82, 2.24) is 14.5 Å². The number of pyridine rings is 1. The van der Waals surface area contributed by atoms with Crippen molar-refractivity contribution in [2.45, 2.75) is 5.60 Å². The van der Waals surface area contributed by atoms with Gasteiger partial charge >= 0.3 is 0 Å². The predicted octanol–water partition coefficient (Wildman–Crippen LogP) is 4.21. The number of aryl methyl sites for hydroxylation is 1. The molecular weight excluding hydrogens is 386 g/mol. The van der Waals surface area contributed by atoms with Gasteiger partial charge in [-0.1, -0.05) is 66.7 Å². The molecule has 0 aliphatic rings. The maximum Gasteiger partial charge on any atom is 0.251 e. The topological polar surface area (TPSA) is 70.9 Å². The predicted molar refractivity (Wildman–Crippen MR) is 122 cm³/mol. The van der Waals surface area contributed by atoms with E-state index in [0.717, 1.165) is 27.6 Å². The lowest BCUT2D eigenvalue weighted by Gasteiger charge is -2.29. The van der Waals surface area contributed by atoms with Crippen LogP contribution >= 0.6 is 0 Å². The molecule has 2 heterocycles. The molecule has 1 unspecified atom stereocenters. The van der Waals surface area contributed by atoms with E-state index in [1.807, 2.05) is 78.9 Å². The average molecular weight is 407 g/mol. The Labute approximate surface area is 179 Å². The molecule has 3 aromatic carbocycles. The number of aliphatic hydroxyl groups is 1. The van der Waals surface area contributed by atoms with Gasteiger partial charge in [0.1, 0.15) is 0 Å². The Hall–Kier alpha value is -3.96. The van der Waals surface area contributed by atoms with Crippen LogP contribution in [0.25, 0.3) is 22.0 Å². The first kappa shape index (κ1) is 19.0. The number of rotatable bonds is 4. The average Bonchev–Trinajstić information content (AvgIpc) is 3.37. The second kappa shape index (κ2) is 7.38. The molecule has 152 valence electrons. The SMILES string of the molecule is Cn1c(=O)cc(-c2ccccc2)c2cc(C(O)(c3ccccc3)c3cnc[nH]3)ccc21. The van der Waals surface area contributed by atoms with E-state index in [2.05, 4.69) is 9.97 Å². The minimum Gasteiger partial charge on any atom is -0.374 e. The largest absolute Gasteiger partial charge is 0.374 e.